The fourth-order valence-corrected chi connectivity index (χ4v) is 2.00. The molecule has 0 aliphatic carbocycles. The van der Waals surface area contributed by atoms with E-state index in [9.17, 15) is 5.11 Å². The zero-order valence-electron chi connectivity index (χ0n) is 9.57. The fraction of sp³-hybridized carbons (Fsp3) is 0.143. The van der Waals surface area contributed by atoms with Crippen LogP contribution in [0.4, 0.5) is 5.69 Å². The number of nitrogens with one attached hydrogen (secondary N) is 1. The van der Waals surface area contributed by atoms with Gasteiger partial charge in [0.1, 0.15) is 5.75 Å². The summed E-state index contributed by atoms with van der Waals surface area (Å²) in [7, 11) is 0. The number of anilines is 1. The molecule has 0 amide bonds. The van der Waals surface area contributed by atoms with Gasteiger partial charge >= 0.3 is 0 Å². The SMILES string of the molecule is Cc1cccc(NCc2ccc(O)cc2)c1Br. The van der Waals surface area contributed by atoms with Gasteiger partial charge in [-0.15, -0.1) is 0 Å². The third-order valence-corrected chi connectivity index (χ3v) is 3.66. The van der Waals surface area contributed by atoms with Crippen molar-refractivity contribution in [3.05, 3.63) is 58.1 Å². The normalized spacial score (nSPS) is 10.2. The van der Waals surface area contributed by atoms with Gasteiger partial charge < -0.3 is 10.4 Å². The van der Waals surface area contributed by atoms with Crippen LogP contribution in [0.5, 0.6) is 5.75 Å². The molecule has 0 saturated carbocycles. The summed E-state index contributed by atoms with van der Waals surface area (Å²) in [5.41, 5.74) is 3.43. The molecule has 0 aliphatic rings. The Kier molecular flexibility index (Phi) is 3.69. The monoisotopic (exact) mass is 291 g/mol. The average molecular weight is 292 g/mol. The van der Waals surface area contributed by atoms with E-state index in [0.29, 0.717) is 5.75 Å². The van der Waals surface area contributed by atoms with Crippen LogP contribution in [-0.2, 0) is 6.54 Å². The van der Waals surface area contributed by atoms with Crippen LogP contribution in [0.3, 0.4) is 0 Å². The molecular weight excluding hydrogens is 278 g/mol. The van der Waals surface area contributed by atoms with E-state index in [1.54, 1.807) is 12.1 Å². The highest BCUT2D eigenvalue weighted by atomic mass is 79.9. The van der Waals surface area contributed by atoms with E-state index >= 15 is 0 Å². The largest absolute Gasteiger partial charge is 0.508 e. The molecule has 2 aromatic carbocycles. The number of phenolic OH excluding ortho intramolecular Hbond substituents is 1. The maximum absolute atomic E-state index is 9.19. The first-order valence-corrected chi connectivity index (χ1v) is 6.23. The summed E-state index contributed by atoms with van der Waals surface area (Å²) in [4.78, 5) is 0. The molecule has 88 valence electrons. The third kappa shape index (κ3) is 3.01. The van der Waals surface area contributed by atoms with E-state index in [1.165, 1.54) is 5.56 Å². The van der Waals surface area contributed by atoms with Crippen LogP contribution in [0, 0.1) is 6.92 Å². The minimum absolute atomic E-state index is 0.297. The van der Waals surface area contributed by atoms with Crippen LogP contribution in [-0.4, -0.2) is 5.11 Å². The van der Waals surface area contributed by atoms with Gasteiger partial charge in [-0.3, -0.25) is 0 Å². The van der Waals surface area contributed by atoms with Crippen LogP contribution in [0.25, 0.3) is 0 Å². The Balaban J connectivity index is 2.07. The minimum Gasteiger partial charge on any atom is -0.508 e. The first kappa shape index (κ1) is 12.0. The number of rotatable bonds is 3. The number of hydrogen-bond donors (Lipinski definition) is 2. The van der Waals surface area contributed by atoms with Gasteiger partial charge in [-0.05, 0) is 52.2 Å². The smallest absolute Gasteiger partial charge is 0.115 e. The summed E-state index contributed by atoms with van der Waals surface area (Å²) in [6.07, 6.45) is 0. The van der Waals surface area contributed by atoms with Gasteiger partial charge in [0.2, 0.25) is 0 Å². The van der Waals surface area contributed by atoms with Crippen LogP contribution >= 0.6 is 15.9 Å². The Bertz CT molecular complexity index is 508. The van der Waals surface area contributed by atoms with E-state index in [0.717, 1.165) is 22.3 Å². The Morgan fingerprint density at radius 3 is 2.53 bits per heavy atom. The summed E-state index contributed by atoms with van der Waals surface area (Å²) >= 11 is 3.56. The van der Waals surface area contributed by atoms with Gasteiger partial charge in [0.15, 0.2) is 0 Å². The van der Waals surface area contributed by atoms with E-state index in [1.807, 2.05) is 24.3 Å². The van der Waals surface area contributed by atoms with Gasteiger partial charge in [-0.1, -0.05) is 24.3 Å². The standard InChI is InChI=1S/C14H14BrNO/c1-10-3-2-4-13(14(10)15)16-9-11-5-7-12(17)8-6-11/h2-8,16-17H,9H2,1H3. The van der Waals surface area contributed by atoms with Crippen molar-refractivity contribution in [2.45, 2.75) is 13.5 Å². The zero-order valence-corrected chi connectivity index (χ0v) is 11.2. The number of phenols is 1. The molecule has 0 aromatic heterocycles. The van der Waals surface area contributed by atoms with Crippen molar-refractivity contribution >= 4 is 21.6 Å². The summed E-state index contributed by atoms with van der Waals surface area (Å²) in [5.74, 6) is 0.297. The highest BCUT2D eigenvalue weighted by Gasteiger charge is 2.01. The summed E-state index contributed by atoms with van der Waals surface area (Å²) in [6, 6.07) is 13.3. The third-order valence-electron chi connectivity index (χ3n) is 2.61. The molecule has 2 nitrogen and oxygen atoms in total. The lowest BCUT2D eigenvalue weighted by molar-refractivity contribution is 0.475. The zero-order chi connectivity index (χ0) is 12.3. The van der Waals surface area contributed by atoms with Crippen molar-refractivity contribution in [3.63, 3.8) is 0 Å². The molecule has 0 atom stereocenters. The topological polar surface area (TPSA) is 32.3 Å². The lowest BCUT2D eigenvalue weighted by atomic mass is 10.2. The predicted molar refractivity (Wildman–Crippen MR) is 74.3 cm³/mol. The van der Waals surface area contributed by atoms with E-state index < -0.39 is 0 Å². The molecule has 0 aliphatic heterocycles. The maximum atomic E-state index is 9.19. The van der Waals surface area contributed by atoms with E-state index in [4.69, 9.17) is 0 Å². The molecule has 0 radical (unpaired) electrons. The first-order chi connectivity index (χ1) is 8.16. The minimum atomic E-state index is 0.297. The summed E-state index contributed by atoms with van der Waals surface area (Å²) in [5, 5.41) is 12.6. The number of halogens is 1. The molecular formula is C14H14BrNO. The van der Waals surface area contributed by atoms with Crippen LogP contribution in [0.2, 0.25) is 0 Å². The molecule has 0 fully saturated rings. The van der Waals surface area contributed by atoms with Crippen molar-refractivity contribution in [3.8, 4) is 5.75 Å². The van der Waals surface area contributed by atoms with Crippen molar-refractivity contribution in [2.24, 2.45) is 0 Å². The van der Waals surface area contributed by atoms with Crippen molar-refractivity contribution < 1.29 is 5.11 Å². The number of aryl methyl sites for hydroxylation is 1. The highest BCUT2D eigenvalue weighted by molar-refractivity contribution is 9.10. The second kappa shape index (κ2) is 5.23. The fourth-order valence-electron chi connectivity index (χ4n) is 1.60. The lowest BCUT2D eigenvalue weighted by Crippen LogP contribution is -2.00. The Hall–Kier alpha value is -1.48. The Labute approximate surface area is 109 Å². The quantitative estimate of drug-likeness (QED) is 0.893. The van der Waals surface area contributed by atoms with Gasteiger partial charge in [-0.2, -0.15) is 0 Å². The summed E-state index contributed by atoms with van der Waals surface area (Å²) in [6.45, 7) is 2.80. The lowest BCUT2D eigenvalue weighted by Gasteiger charge is -2.10. The van der Waals surface area contributed by atoms with Crippen LogP contribution < -0.4 is 5.32 Å². The molecule has 0 unspecified atom stereocenters. The number of benzene rings is 2. The summed E-state index contributed by atoms with van der Waals surface area (Å²) < 4.78 is 1.10. The maximum Gasteiger partial charge on any atom is 0.115 e. The second-order valence-corrected chi connectivity index (χ2v) is 4.75. The van der Waals surface area contributed by atoms with Gasteiger partial charge in [0.25, 0.3) is 0 Å². The molecule has 2 N–H and O–H groups in total. The van der Waals surface area contributed by atoms with Crippen molar-refractivity contribution in [1.82, 2.24) is 0 Å². The highest BCUT2D eigenvalue weighted by Crippen LogP contribution is 2.26. The second-order valence-electron chi connectivity index (χ2n) is 3.96. The Morgan fingerprint density at radius 1 is 1.12 bits per heavy atom. The van der Waals surface area contributed by atoms with Crippen LogP contribution in [0.15, 0.2) is 46.9 Å². The molecule has 17 heavy (non-hydrogen) atoms. The van der Waals surface area contributed by atoms with Gasteiger partial charge in [-0.25, -0.2) is 0 Å². The molecule has 0 saturated heterocycles. The van der Waals surface area contributed by atoms with Crippen molar-refractivity contribution in [1.29, 1.82) is 0 Å². The molecule has 2 aromatic rings. The van der Waals surface area contributed by atoms with Gasteiger partial charge in [0.05, 0.1) is 0 Å². The average Bonchev–Trinajstić information content (AvgIpc) is 2.33. The predicted octanol–water partition coefficient (Wildman–Crippen LogP) is 4.08. The van der Waals surface area contributed by atoms with Crippen molar-refractivity contribution in [2.75, 3.05) is 5.32 Å². The molecule has 2 rings (SSSR count). The molecule has 3 heteroatoms. The van der Waals surface area contributed by atoms with Crippen LogP contribution in [0.1, 0.15) is 11.1 Å². The molecule has 0 heterocycles. The molecule has 0 bridgehead atoms. The Morgan fingerprint density at radius 2 is 1.82 bits per heavy atom. The first-order valence-electron chi connectivity index (χ1n) is 5.44. The van der Waals surface area contributed by atoms with E-state index in [-0.39, 0.29) is 0 Å². The molecule has 0 spiro atoms. The van der Waals surface area contributed by atoms with Gasteiger partial charge in [0, 0.05) is 16.7 Å². The number of aromatic hydroxyl groups is 1. The number of hydrogen-bond acceptors (Lipinski definition) is 2. The van der Waals surface area contributed by atoms with E-state index in [2.05, 4.69) is 34.2 Å².